The van der Waals surface area contributed by atoms with Crippen LogP contribution in [0.25, 0.3) is 0 Å². The first-order valence-corrected chi connectivity index (χ1v) is 0. The van der Waals surface area contributed by atoms with E-state index in [0.717, 1.165) is 0 Å². The number of hydrogen-bond acceptors (Lipinski definition) is 1. The molecule has 1 N–H and O–H groups in total. The largest absolute Gasteiger partial charge is 0.870 e. The Morgan fingerprint density at radius 1 is 0.750 bits per heavy atom. The van der Waals surface area contributed by atoms with E-state index >= 15 is 0 Å². The smallest absolute Gasteiger partial charge is 0 e. The monoisotopic (exact) mass is 224 g/mol. The van der Waals surface area contributed by atoms with Crippen molar-refractivity contribution in [3.05, 3.63) is 0 Å². The van der Waals surface area contributed by atoms with E-state index < -0.39 is 0 Å². The molecule has 0 heterocycles. The Bertz CT molecular complexity index is 6.00. The molecule has 1 nitrogen and oxygen atoms in total. The third-order valence-electron chi connectivity index (χ3n) is 0. The van der Waals surface area contributed by atoms with Crippen LogP contribution in [0, 0.1) is 36.9 Å². The first-order valence-electron chi connectivity index (χ1n) is 0. The Balaban J connectivity index is 0. The molecule has 0 aliphatic carbocycles. The van der Waals surface area contributed by atoms with Crippen molar-refractivity contribution in [3.63, 3.8) is 0 Å². The predicted molar refractivity (Wildman–Crippen MR) is 15.4 cm³/mol. The van der Waals surface area contributed by atoms with Gasteiger partial charge in [-0.25, -0.2) is 0 Å². The van der Waals surface area contributed by atoms with Gasteiger partial charge in [0.25, 0.3) is 0 Å². The SMILES string of the molecule is C.C.[Lu].[OH-]. The van der Waals surface area contributed by atoms with Crippen LogP contribution in [0.5, 0.6) is 0 Å². The fourth-order valence-corrected chi connectivity index (χ4v) is 0. The molecule has 0 unspecified atom stereocenters. The third-order valence-corrected chi connectivity index (χ3v) is 0. The summed E-state index contributed by atoms with van der Waals surface area (Å²) in [6.45, 7) is 0. The van der Waals surface area contributed by atoms with Crippen molar-refractivity contribution in [2.24, 2.45) is 0 Å². The molecular weight excluding hydrogens is 215 g/mol. The van der Waals surface area contributed by atoms with Crippen molar-refractivity contribution in [3.8, 4) is 0 Å². The van der Waals surface area contributed by atoms with Crippen LogP contribution in [0.1, 0.15) is 14.9 Å². The minimum atomic E-state index is 0. The van der Waals surface area contributed by atoms with Gasteiger partial charge in [-0.05, 0) is 0 Å². The number of hydrogen-bond donors (Lipinski definition) is 0. The molecule has 1 radical (unpaired) electrons. The average molecular weight is 224 g/mol. The van der Waals surface area contributed by atoms with Gasteiger partial charge in [-0.15, -0.1) is 0 Å². The maximum atomic E-state index is 0. The van der Waals surface area contributed by atoms with Crippen LogP contribution in [0.4, 0.5) is 0 Å². The predicted octanol–water partition coefficient (Wildman–Crippen LogP) is 1.10. The zero-order chi connectivity index (χ0) is 0. The summed E-state index contributed by atoms with van der Waals surface area (Å²) in [6, 6.07) is 0. The summed E-state index contributed by atoms with van der Waals surface area (Å²) in [6.07, 6.45) is 0. The molecule has 0 aromatic carbocycles. The second-order valence-electron chi connectivity index (χ2n) is 0. The maximum absolute atomic E-state index is 0. The van der Waals surface area contributed by atoms with Crippen LogP contribution in [0.2, 0.25) is 0 Å². The van der Waals surface area contributed by atoms with E-state index in [1.54, 1.807) is 0 Å². The van der Waals surface area contributed by atoms with Crippen molar-refractivity contribution >= 4 is 0 Å². The van der Waals surface area contributed by atoms with Gasteiger partial charge in [0, 0.05) is 36.9 Å². The summed E-state index contributed by atoms with van der Waals surface area (Å²) >= 11 is 0. The average Bonchev–Trinajstić information content (AvgIpc) is 0. The molecule has 0 fully saturated rings. The van der Waals surface area contributed by atoms with Crippen LogP contribution in [0.15, 0.2) is 0 Å². The Morgan fingerprint density at radius 3 is 0.750 bits per heavy atom. The van der Waals surface area contributed by atoms with Gasteiger partial charge >= 0.3 is 0 Å². The first kappa shape index (κ1) is 64.1. The first-order chi connectivity index (χ1) is 0. The minimum absolute atomic E-state index is 0. The maximum Gasteiger partial charge on any atom is 0 e. The molecule has 0 aromatic heterocycles. The van der Waals surface area contributed by atoms with Crippen LogP contribution in [-0.4, -0.2) is 5.48 Å². The summed E-state index contributed by atoms with van der Waals surface area (Å²) in [5, 5.41) is 0. The molecule has 0 aromatic rings. The molecular formula is C2H9LuO-. The van der Waals surface area contributed by atoms with Crippen LogP contribution < -0.4 is 0 Å². The summed E-state index contributed by atoms with van der Waals surface area (Å²) in [4.78, 5) is 0. The Morgan fingerprint density at radius 2 is 0.750 bits per heavy atom. The van der Waals surface area contributed by atoms with Gasteiger partial charge in [0.05, 0.1) is 0 Å². The Kier molecular flexibility index (Phi) is 481. The number of rotatable bonds is 0. The van der Waals surface area contributed by atoms with Crippen molar-refractivity contribution in [1.29, 1.82) is 0 Å². The second-order valence-corrected chi connectivity index (χ2v) is 0. The quantitative estimate of drug-likeness (QED) is 0.605. The van der Waals surface area contributed by atoms with Crippen LogP contribution >= 0.6 is 0 Å². The second kappa shape index (κ2) is 30.0. The van der Waals surface area contributed by atoms with Gasteiger partial charge < -0.3 is 5.48 Å². The van der Waals surface area contributed by atoms with E-state index in [9.17, 15) is 0 Å². The molecule has 0 atom stereocenters. The Hall–Kier alpha value is 1.19. The minimum Gasteiger partial charge on any atom is -0.870 e. The molecule has 0 saturated heterocycles. The third kappa shape index (κ3) is 10.8. The molecule has 0 aliphatic rings. The zero-order valence-electron chi connectivity index (χ0n) is 0.705. The van der Waals surface area contributed by atoms with E-state index in [-0.39, 0.29) is 57.2 Å². The Labute approximate surface area is 56.9 Å². The van der Waals surface area contributed by atoms with Crippen molar-refractivity contribution in [2.45, 2.75) is 14.9 Å². The molecule has 39 valence electrons. The van der Waals surface area contributed by atoms with Crippen LogP contribution in [0.3, 0.4) is 0 Å². The van der Waals surface area contributed by atoms with E-state index in [0.29, 0.717) is 0 Å². The van der Waals surface area contributed by atoms with Gasteiger partial charge in [-0.3, -0.25) is 0 Å². The fraction of sp³-hybridized carbons (Fsp3) is 1.00. The molecule has 2 heteroatoms. The van der Waals surface area contributed by atoms with E-state index in [2.05, 4.69) is 0 Å². The van der Waals surface area contributed by atoms with Gasteiger partial charge in [-0.1, -0.05) is 14.9 Å². The topological polar surface area (TPSA) is 30.0 Å². The van der Waals surface area contributed by atoms with Gasteiger partial charge in [0.1, 0.15) is 0 Å². The fourth-order valence-electron chi connectivity index (χ4n) is 0. The van der Waals surface area contributed by atoms with Crippen molar-refractivity contribution < 1.29 is 42.4 Å². The van der Waals surface area contributed by atoms with Gasteiger partial charge in [-0.2, -0.15) is 0 Å². The molecule has 0 spiro atoms. The van der Waals surface area contributed by atoms with Gasteiger partial charge in [0.2, 0.25) is 0 Å². The zero-order valence-corrected chi connectivity index (χ0v) is 2.36. The molecule has 0 saturated carbocycles. The van der Waals surface area contributed by atoms with E-state index in [1.807, 2.05) is 0 Å². The van der Waals surface area contributed by atoms with Crippen molar-refractivity contribution in [1.82, 2.24) is 0 Å². The van der Waals surface area contributed by atoms with E-state index in [1.165, 1.54) is 0 Å². The summed E-state index contributed by atoms with van der Waals surface area (Å²) < 4.78 is 0. The molecule has 0 bridgehead atoms. The summed E-state index contributed by atoms with van der Waals surface area (Å²) in [5.41, 5.74) is 0. The molecule has 0 amide bonds. The normalized spacial score (nSPS) is 0. The molecule has 0 aliphatic heterocycles. The van der Waals surface area contributed by atoms with E-state index in [4.69, 9.17) is 0 Å². The van der Waals surface area contributed by atoms with Crippen LogP contribution in [-0.2, 0) is 0 Å². The molecule has 4 heavy (non-hydrogen) atoms. The summed E-state index contributed by atoms with van der Waals surface area (Å²) in [5.74, 6) is 0. The van der Waals surface area contributed by atoms with Crippen molar-refractivity contribution in [2.75, 3.05) is 0 Å². The standard InChI is InChI=1S/2CH4.Lu.H2O/h2*1H4;;1H2/p-1. The van der Waals surface area contributed by atoms with Gasteiger partial charge in [0.15, 0.2) is 0 Å². The summed E-state index contributed by atoms with van der Waals surface area (Å²) in [7, 11) is 0. The molecule has 0 rings (SSSR count).